The molecule has 168 valence electrons. The third-order valence-electron chi connectivity index (χ3n) is 5.19. The summed E-state index contributed by atoms with van der Waals surface area (Å²) in [7, 11) is -4.07. The maximum Gasteiger partial charge on any atom is 0.240 e. The van der Waals surface area contributed by atoms with Crippen molar-refractivity contribution < 1.29 is 13.2 Å². The molecule has 0 saturated heterocycles. The summed E-state index contributed by atoms with van der Waals surface area (Å²) < 4.78 is 28.2. The highest BCUT2D eigenvalue weighted by Crippen LogP contribution is 2.26. The van der Waals surface area contributed by atoms with Crippen LogP contribution in [0.15, 0.2) is 84.1 Å². The Balaban J connectivity index is 1.71. The van der Waals surface area contributed by atoms with E-state index >= 15 is 0 Å². The van der Waals surface area contributed by atoms with Gasteiger partial charge in [-0.05, 0) is 49.2 Å². The number of nitrogens with zero attached hydrogens (tertiary/aromatic N) is 2. The lowest BCUT2D eigenvalue weighted by molar-refractivity contribution is -0.113. The smallest absolute Gasteiger partial charge is 0.240 e. The van der Waals surface area contributed by atoms with Gasteiger partial charge in [-0.15, -0.1) is 0 Å². The number of sulfone groups is 1. The minimum absolute atomic E-state index is 0.199. The maximum atomic E-state index is 13.3. The first kappa shape index (κ1) is 22.8. The zero-order valence-electron chi connectivity index (χ0n) is 18.1. The highest BCUT2D eigenvalue weighted by molar-refractivity contribution is 7.92. The summed E-state index contributed by atoms with van der Waals surface area (Å²) >= 11 is 5.98. The third-order valence-corrected chi connectivity index (χ3v) is 6.93. The normalized spacial score (nSPS) is 11.4. The van der Waals surface area contributed by atoms with Crippen LogP contribution in [0.25, 0.3) is 16.9 Å². The van der Waals surface area contributed by atoms with E-state index in [2.05, 4.69) is 10.3 Å². The van der Waals surface area contributed by atoms with Crippen molar-refractivity contribution in [3.05, 3.63) is 95.1 Å². The SMILES string of the molecule is Cc1cccc(C)c1NC(=O)CS(=O)(=O)c1nc(-c2ccc(Cl)cc2)cn1-c1ccccc1. The summed E-state index contributed by atoms with van der Waals surface area (Å²) in [4.78, 5) is 17.1. The van der Waals surface area contributed by atoms with Crippen LogP contribution < -0.4 is 5.32 Å². The molecule has 33 heavy (non-hydrogen) atoms. The summed E-state index contributed by atoms with van der Waals surface area (Å²) in [6.07, 6.45) is 1.65. The molecule has 3 aromatic carbocycles. The first-order valence-corrected chi connectivity index (χ1v) is 12.3. The van der Waals surface area contributed by atoms with Crippen LogP contribution in [0.1, 0.15) is 11.1 Å². The van der Waals surface area contributed by atoms with Gasteiger partial charge in [0.05, 0.1) is 5.69 Å². The molecule has 6 nitrogen and oxygen atoms in total. The highest BCUT2D eigenvalue weighted by atomic mass is 35.5. The number of benzene rings is 3. The predicted molar refractivity (Wildman–Crippen MR) is 131 cm³/mol. The lowest BCUT2D eigenvalue weighted by Crippen LogP contribution is -2.25. The number of nitrogens with one attached hydrogen (secondary N) is 1. The van der Waals surface area contributed by atoms with E-state index in [1.807, 2.05) is 38.1 Å². The van der Waals surface area contributed by atoms with Crippen molar-refractivity contribution in [2.75, 3.05) is 11.1 Å². The number of aryl methyl sites for hydroxylation is 2. The van der Waals surface area contributed by atoms with Gasteiger partial charge in [-0.25, -0.2) is 13.4 Å². The van der Waals surface area contributed by atoms with Gasteiger partial charge in [-0.2, -0.15) is 0 Å². The van der Waals surface area contributed by atoms with Crippen LogP contribution >= 0.6 is 11.6 Å². The van der Waals surface area contributed by atoms with Crippen molar-refractivity contribution in [1.82, 2.24) is 9.55 Å². The summed E-state index contributed by atoms with van der Waals surface area (Å²) in [6, 6.07) is 21.6. The van der Waals surface area contributed by atoms with E-state index in [4.69, 9.17) is 11.6 Å². The Labute approximate surface area is 197 Å². The van der Waals surface area contributed by atoms with Gasteiger partial charge in [0.15, 0.2) is 0 Å². The average molecular weight is 480 g/mol. The molecule has 0 fully saturated rings. The van der Waals surface area contributed by atoms with Crippen molar-refractivity contribution in [1.29, 1.82) is 0 Å². The summed E-state index contributed by atoms with van der Waals surface area (Å²) in [5.41, 5.74) is 4.13. The lowest BCUT2D eigenvalue weighted by atomic mass is 10.1. The molecular formula is C25H22ClN3O3S. The predicted octanol–water partition coefficient (Wildman–Crippen LogP) is 5.22. The Morgan fingerprint density at radius 1 is 0.939 bits per heavy atom. The van der Waals surface area contributed by atoms with Crippen LogP contribution in [0.3, 0.4) is 0 Å². The summed E-state index contributed by atoms with van der Waals surface area (Å²) in [6.45, 7) is 3.72. The zero-order valence-corrected chi connectivity index (χ0v) is 19.7. The number of halogens is 1. The van der Waals surface area contributed by atoms with E-state index in [1.54, 1.807) is 54.7 Å². The largest absolute Gasteiger partial charge is 0.325 e. The number of rotatable bonds is 6. The van der Waals surface area contributed by atoms with E-state index < -0.39 is 21.5 Å². The molecule has 1 aromatic heterocycles. The number of amides is 1. The van der Waals surface area contributed by atoms with Gasteiger partial charge in [0.25, 0.3) is 0 Å². The Morgan fingerprint density at radius 2 is 1.58 bits per heavy atom. The quantitative estimate of drug-likeness (QED) is 0.411. The van der Waals surface area contributed by atoms with Crippen molar-refractivity contribution in [3.8, 4) is 16.9 Å². The third kappa shape index (κ3) is 4.99. The Morgan fingerprint density at radius 3 is 2.21 bits per heavy atom. The van der Waals surface area contributed by atoms with Crippen molar-refractivity contribution >= 4 is 33.0 Å². The molecule has 0 bridgehead atoms. The molecule has 1 heterocycles. The molecule has 1 N–H and O–H groups in total. The molecule has 0 saturated carbocycles. The van der Waals surface area contributed by atoms with Gasteiger partial charge in [-0.3, -0.25) is 9.36 Å². The molecule has 0 aliphatic rings. The van der Waals surface area contributed by atoms with E-state index in [1.165, 1.54) is 4.57 Å². The standard InChI is InChI=1S/C25H22ClN3O3S/c1-17-7-6-8-18(2)24(17)28-23(30)16-33(31,32)25-27-22(19-11-13-20(26)14-12-19)15-29(25)21-9-4-3-5-10-21/h3-15H,16H2,1-2H3,(H,28,30). The number of hydrogen-bond donors (Lipinski definition) is 1. The molecular weight excluding hydrogens is 458 g/mol. The number of carbonyl (C=O) groups excluding carboxylic acids is 1. The number of carbonyl (C=O) groups is 1. The summed E-state index contributed by atoms with van der Waals surface area (Å²) in [5.74, 6) is -1.35. The Hall–Kier alpha value is -3.42. The van der Waals surface area contributed by atoms with Crippen molar-refractivity contribution in [2.45, 2.75) is 19.0 Å². The summed E-state index contributed by atoms with van der Waals surface area (Å²) in [5, 5.41) is 3.11. The van der Waals surface area contributed by atoms with Crippen LogP contribution in [0, 0.1) is 13.8 Å². The second-order valence-electron chi connectivity index (χ2n) is 7.70. The number of anilines is 1. The van der Waals surface area contributed by atoms with Gasteiger partial charge in [0, 0.05) is 28.2 Å². The van der Waals surface area contributed by atoms with Gasteiger partial charge in [-0.1, -0.05) is 60.1 Å². The van der Waals surface area contributed by atoms with Crippen LogP contribution in [0.5, 0.6) is 0 Å². The first-order valence-electron chi connectivity index (χ1n) is 10.2. The first-order chi connectivity index (χ1) is 15.7. The molecule has 0 atom stereocenters. The molecule has 0 aliphatic carbocycles. The molecule has 8 heteroatoms. The second-order valence-corrected chi connectivity index (χ2v) is 10.0. The topological polar surface area (TPSA) is 81.1 Å². The lowest BCUT2D eigenvalue weighted by Gasteiger charge is -2.12. The van der Waals surface area contributed by atoms with Gasteiger partial charge in [0.1, 0.15) is 5.75 Å². The minimum atomic E-state index is -4.07. The zero-order chi connectivity index (χ0) is 23.6. The van der Waals surface area contributed by atoms with Crippen LogP contribution in [-0.4, -0.2) is 29.6 Å². The van der Waals surface area contributed by atoms with Crippen LogP contribution in [-0.2, 0) is 14.6 Å². The van der Waals surface area contributed by atoms with Gasteiger partial charge in [0.2, 0.25) is 20.9 Å². The maximum absolute atomic E-state index is 13.3. The van der Waals surface area contributed by atoms with E-state index in [0.29, 0.717) is 27.7 Å². The van der Waals surface area contributed by atoms with Gasteiger partial charge < -0.3 is 5.32 Å². The van der Waals surface area contributed by atoms with E-state index in [9.17, 15) is 13.2 Å². The number of aromatic nitrogens is 2. The highest BCUT2D eigenvalue weighted by Gasteiger charge is 2.27. The molecule has 0 unspecified atom stereocenters. The average Bonchev–Trinajstić information content (AvgIpc) is 3.24. The Kier molecular flexibility index (Phi) is 6.35. The number of hydrogen-bond acceptors (Lipinski definition) is 4. The van der Waals surface area contributed by atoms with Gasteiger partial charge >= 0.3 is 0 Å². The Bertz CT molecular complexity index is 1390. The van der Waals surface area contributed by atoms with Crippen molar-refractivity contribution in [3.63, 3.8) is 0 Å². The van der Waals surface area contributed by atoms with E-state index in [-0.39, 0.29) is 5.16 Å². The van der Waals surface area contributed by atoms with Crippen LogP contribution in [0.2, 0.25) is 5.02 Å². The van der Waals surface area contributed by atoms with Crippen LogP contribution in [0.4, 0.5) is 5.69 Å². The molecule has 4 aromatic rings. The molecule has 1 amide bonds. The number of imidazole rings is 1. The monoisotopic (exact) mass is 479 g/mol. The fourth-order valence-corrected chi connectivity index (χ4v) is 4.91. The minimum Gasteiger partial charge on any atom is -0.325 e. The fraction of sp³-hybridized carbons (Fsp3) is 0.120. The molecule has 0 spiro atoms. The van der Waals surface area contributed by atoms with Crippen molar-refractivity contribution in [2.24, 2.45) is 0 Å². The molecule has 0 aliphatic heterocycles. The fourth-order valence-electron chi connectivity index (χ4n) is 3.54. The van der Waals surface area contributed by atoms with E-state index in [0.717, 1.165) is 11.1 Å². The molecule has 0 radical (unpaired) electrons. The molecule has 4 rings (SSSR count). The number of para-hydroxylation sites is 2. The second kappa shape index (κ2) is 9.21.